The summed E-state index contributed by atoms with van der Waals surface area (Å²) < 4.78 is 0. The maximum absolute atomic E-state index is 12.4. The Morgan fingerprint density at radius 2 is 2.16 bits per heavy atom. The van der Waals surface area contributed by atoms with Crippen molar-refractivity contribution in [3.8, 4) is 0 Å². The van der Waals surface area contributed by atoms with Gasteiger partial charge in [-0.2, -0.15) is 5.10 Å². The van der Waals surface area contributed by atoms with Crippen LogP contribution >= 0.6 is 0 Å². The topological polar surface area (TPSA) is 86.9 Å². The van der Waals surface area contributed by atoms with Gasteiger partial charge in [-0.3, -0.25) is 14.7 Å². The van der Waals surface area contributed by atoms with Crippen LogP contribution in [-0.2, 0) is 29.0 Å². The number of hydrogen-bond donors (Lipinski definition) is 3. The number of fused-ring (bicyclic) bond motifs is 2. The van der Waals surface area contributed by atoms with Gasteiger partial charge in [0.2, 0.25) is 11.8 Å². The molecule has 0 fully saturated rings. The van der Waals surface area contributed by atoms with E-state index in [1.165, 1.54) is 11.3 Å². The van der Waals surface area contributed by atoms with Gasteiger partial charge in [-0.15, -0.1) is 0 Å². The Kier molecular flexibility index (Phi) is 3.82. The van der Waals surface area contributed by atoms with Crippen LogP contribution in [0.1, 0.15) is 52.4 Å². The van der Waals surface area contributed by atoms with Crippen LogP contribution in [0.2, 0.25) is 0 Å². The average Bonchev–Trinajstić information content (AvgIpc) is 3.21. The molecule has 0 bridgehead atoms. The molecule has 6 nitrogen and oxygen atoms in total. The number of nitrogens with zero attached hydrogens (tertiary/aromatic N) is 1. The van der Waals surface area contributed by atoms with Crippen molar-refractivity contribution < 1.29 is 9.59 Å². The van der Waals surface area contributed by atoms with E-state index in [2.05, 4.69) is 26.9 Å². The van der Waals surface area contributed by atoms with E-state index < -0.39 is 5.92 Å². The van der Waals surface area contributed by atoms with Crippen molar-refractivity contribution in [1.29, 1.82) is 0 Å². The molecule has 25 heavy (non-hydrogen) atoms. The predicted molar refractivity (Wildman–Crippen MR) is 94.4 cm³/mol. The van der Waals surface area contributed by atoms with Crippen molar-refractivity contribution >= 4 is 17.5 Å². The molecule has 2 heterocycles. The number of aromatic nitrogens is 2. The maximum atomic E-state index is 12.4. The first kappa shape index (κ1) is 15.9. The second-order valence-corrected chi connectivity index (χ2v) is 7.05. The number of benzene rings is 1. The first-order valence-corrected chi connectivity index (χ1v) is 8.76. The molecule has 2 amide bonds. The molecule has 130 valence electrons. The lowest BCUT2D eigenvalue weighted by molar-refractivity contribution is -0.125. The highest BCUT2D eigenvalue weighted by Crippen LogP contribution is 2.37. The summed E-state index contributed by atoms with van der Waals surface area (Å²) in [5.74, 6) is -0.636. The molecule has 2 aromatic rings. The standard InChI is InChI=1S/C19H22N4O2/c1-10-6-11(2)18-13(19(25)21-15(18)7-10)8-17(24)20-9-16-12-4-3-5-14(12)22-23-16/h6-7,13H,3-5,8-9H2,1-2H3,(H,20,24)(H,21,25)(H,22,23)/t13-/m1/s1. The largest absolute Gasteiger partial charge is 0.350 e. The van der Waals surface area contributed by atoms with Crippen LogP contribution < -0.4 is 10.6 Å². The minimum atomic E-state index is -0.416. The Labute approximate surface area is 146 Å². The first-order chi connectivity index (χ1) is 12.0. The fourth-order valence-corrected chi connectivity index (χ4v) is 4.06. The zero-order valence-electron chi connectivity index (χ0n) is 14.5. The molecular formula is C19H22N4O2. The maximum Gasteiger partial charge on any atom is 0.232 e. The Morgan fingerprint density at radius 3 is 3.00 bits per heavy atom. The fourth-order valence-electron chi connectivity index (χ4n) is 4.06. The quantitative estimate of drug-likeness (QED) is 0.799. The first-order valence-electron chi connectivity index (χ1n) is 8.76. The summed E-state index contributed by atoms with van der Waals surface area (Å²) in [4.78, 5) is 24.7. The van der Waals surface area contributed by atoms with Gasteiger partial charge in [-0.1, -0.05) is 6.07 Å². The van der Waals surface area contributed by atoms with Crippen molar-refractivity contribution in [1.82, 2.24) is 15.5 Å². The molecule has 1 atom stereocenters. The summed E-state index contributed by atoms with van der Waals surface area (Å²) in [6.45, 7) is 4.41. The fraction of sp³-hybridized carbons (Fsp3) is 0.421. The number of hydrogen-bond acceptors (Lipinski definition) is 3. The average molecular weight is 338 g/mol. The second kappa shape index (κ2) is 6.02. The number of rotatable bonds is 4. The van der Waals surface area contributed by atoms with Crippen LogP contribution in [0.5, 0.6) is 0 Å². The van der Waals surface area contributed by atoms with Crippen molar-refractivity contribution in [3.63, 3.8) is 0 Å². The van der Waals surface area contributed by atoms with Gasteiger partial charge in [0.1, 0.15) is 0 Å². The van der Waals surface area contributed by atoms with Crippen LogP contribution in [0.15, 0.2) is 12.1 Å². The molecule has 1 aliphatic carbocycles. The Morgan fingerprint density at radius 1 is 1.32 bits per heavy atom. The number of carbonyl (C=O) groups is 2. The molecule has 4 rings (SSSR count). The number of nitrogens with one attached hydrogen (secondary N) is 3. The highest BCUT2D eigenvalue weighted by atomic mass is 16.2. The van der Waals surface area contributed by atoms with Gasteiger partial charge in [0.25, 0.3) is 0 Å². The lowest BCUT2D eigenvalue weighted by Gasteiger charge is -2.12. The zero-order valence-corrected chi connectivity index (χ0v) is 14.5. The van der Waals surface area contributed by atoms with Crippen molar-refractivity contribution in [3.05, 3.63) is 45.8 Å². The molecule has 0 spiro atoms. The third-order valence-corrected chi connectivity index (χ3v) is 5.19. The van der Waals surface area contributed by atoms with E-state index in [9.17, 15) is 9.59 Å². The third kappa shape index (κ3) is 2.81. The smallest absolute Gasteiger partial charge is 0.232 e. The zero-order chi connectivity index (χ0) is 17.6. The number of aromatic amines is 1. The molecule has 6 heteroatoms. The normalized spacial score (nSPS) is 18.0. The molecule has 2 aliphatic rings. The summed E-state index contributed by atoms with van der Waals surface area (Å²) in [6.07, 6.45) is 3.36. The second-order valence-electron chi connectivity index (χ2n) is 7.05. The summed E-state index contributed by atoms with van der Waals surface area (Å²) in [6, 6.07) is 4.02. The molecule has 0 saturated carbocycles. The van der Waals surface area contributed by atoms with Crippen LogP contribution in [0.25, 0.3) is 0 Å². The van der Waals surface area contributed by atoms with Gasteiger partial charge >= 0.3 is 0 Å². The van der Waals surface area contributed by atoms with Crippen LogP contribution in [0, 0.1) is 13.8 Å². The molecule has 3 N–H and O–H groups in total. The van der Waals surface area contributed by atoms with Crippen molar-refractivity contribution in [2.75, 3.05) is 5.32 Å². The molecule has 0 unspecified atom stereocenters. The minimum Gasteiger partial charge on any atom is -0.350 e. The highest BCUT2D eigenvalue weighted by Gasteiger charge is 2.33. The van der Waals surface area contributed by atoms with Gasteiger partial charge in [0, 0.05) is 17.8 Å². The number of aryl methyl sites for hydroxylation is 3. The lowest BCUT2D eigenvalue weighted by atomic mass is 9.92. The number of amides is 2. The summed E-state index contributed by atoms with van der Waals surface area (Å²) in [5, 5.41) is 13.2. The van der Waals surface area contributed by atoms with Crippen molar-refractivity contribution in [2.45, 2.75) is 52.0 Å². The summed E-state index contributed by atoms with van der Waals surface area (Å²) in [5.41, 5.74) is 7.31. The predicted octanol–water partition coefficient (Wildman–Crippen LogP) is 2.26. The van der Waals surface area contributed by atoms with Crippen molar-refractivity contribution in [2.24, 2.45) is 0 Å². The molecule has 0 saturated heterocycles. The van der Waals surface area contributed by atoms with Gasteiger partial charge in [-0.25, -0.2) is 0 Å². The van der Waals surface area contributed by atoms with E-state index >= 15 is 0 Å². The summed E-state index contributed by atoms with van der Waals surface area (Å²) >= 11 is 0. The van der Waals surface area contributed by atoms with E-state index in [1.807, 2.05) is 19.9 Å². The van der Waals surface area contributed by atoms with E-state index in [-0.39, 0.29) is 18.2 Å². The Balaban J connectivity index is 1.44. The molecule has 1 aromatic heterocycles. The van der Waals surface area contributed by atoms with Crippen LogP contribution in [-0.4, -0.2) is 22.0 Å². The third-order valence-electron chi connectivity index (χ3n) is 5.19. The van der Waals surface area contributed by atoms with Crippen LogP contribution in [0.4, 0.5) is 5.69 Å². The SMILES string of the molecule is Cc1cc(C)c2c(c1)NC(=O)[C@@H]2CC(=O)NCc1n[nH]c2c1CCC2. The number of anilines is 1. The molecule has 1 aliphatic heterocycles. The lowest BCUT2D eigenvalue weighted by Crippen LogP contribution is -2.27. The molecule has 1 aromatic carbocycles. The Hall–Kier alpha value is -2.63. The van der Waals surface area contributed by atoms with E-state index in [0.717, 1.165) is 47.3 Å². The monoisotopic (exact) mass is 338 g/mol. The van der Waals surface area contributed by atoms with E-state index in [0.29, 0.717) is 6.54 Å². The van der Waals surface area contributed by atoms with Gasteiger partial charge < -0.3 is 10.6 Å². The van der Waals surface area contributed by atoms with Gasteiger partial charge in [-0.05, 0) is 61.4 Å². The van der Waals surface area contributed by atoms with Gasteiger partial charge in [0.05, 0.1) is 18.2 Å². The molecule has 0 radical (unpaired) electrons. The Bertz CT molecular complexity index is 869. The van der Waals surface area contributed by atoms with E-state index in [4.69, 9.17) is 0 Å². The number of carbonyl (C=O) groups excluding carboxylic acids is 2. The highest BCUT2D eigenvalue weighted by molar-refractivity contribution is 6.05. The summed E-state index contributed by atoms with van der Waals surface area (Å²) in [7, 11) is 0. The number of H-pyrrole nitrogens is 1. The van der Waals surface area contributed by atoms with E-state index in [1.54, 1.807) is 0 Å². The minimum absolute atomic E-state index is 0.0977. The van der Waals surface area contributed by atoms with Gasteiger partial charge in [0.15, 0.2) is 0 Å². The molecular weight excluding hydrogens is 316 g/mol. The van der Waals surface area contributed by atoms with Crippen LogP contribution in [0.3, 0.4) is 0 Å².